The summed E-state index contributed by atoms with van der Waals surface area (Å²) in [5.41, 5.74) is 7.69. The zero-order valence-electron chi connectivity index (χ0n) is 25.8. The molecule has 3 heterocycles. The van der Waals surface area contributed by atoms with Gasteiger partial charge in [0, 0.05) is 54.5 Å². The molecule has 4 N–H and O–H groups in total. The highest BCUT2D eigenvalue weighted by Crippen LogP contribution is 2.43. The number of amides is 2. The molecular formula is C34H37ClN6O4. The number of carbonyl (C=O) groups excluding carboxylic acids is 2. The summed E-state index contributed by atoms with van der Waals surface area (Å²) >= 11 is 7.11. The minimum Gasteiger partial charge on any atom is -0.481 e. The Bertz CT molecular complexity index is 1740. The van der Waals surface area contributed by atoms with E-state index in [2.05, 4.69) is 27.1 Å². The number of aliphatic hydroxyl groups excluding tert-OH is 1. The number of pyridine rings is 1. The van der Waals surface area contributed by atoms with Crippen molar-refractivity contribution in [1.29, 1.82) is 0 Å². The van der Waals surface area contributed by atoms with Crippen LogP contribution in [0, 0.1) is 6.92 Å². The number of aromatic nitrogens is 1. The lowest BCUT2D eigenvalue weighted by molar-refractivity contribution is -0.119. The summed E-state index contributed by atoms with van der Waals surface area (Å²) in [7, 11) is 3.25. The predicted octanol–water partition coefficient (Wildman–Crippen LogP) is 4.75. The predicted molar refractivity (Wildman–Crippen MR) is 175 cm³/mol. The molecule has 0 spiro atoms. The van der Waals surface area contributed by atoms with Crippen molar-refractivity contribution in [3.8, 4) is 28.3 Å². The number of aliphatic hydroxyl groups is 1. The van der Waals surface area contributed by atoms with Crippen LogP contribution in [0.3, 0.4) is 0 Å². The summed E-state index contributed by atoms with van der Waals surface area (Å²) in [6, 6.07) is 13.8. The lowest BCUT2D eigenvalue weighted by Crippen LogP contribution is -2.37. The number of likely N-dealkylation sites (N-methyl/N-ethyl adjacent to an activating group) is 1. The van der Waals surface area contributed by atoms with E-state index in [0.717, 1.165) is 58.3 Å². The minimum absolute atomic E-state index is 0.0958. The molecule has 1 fully saturated rings. The number of halogens is 1. The summed E-state index contributed by atoms with van der Waals surface area (Å²) in [5.74, 6) is 0.276. The summed E-state index contributed by atoms with van der Waals surface area (Å²) < 4.78 is 5.80. The SMILES string of the molecule is COc1nc(-c2cccc(-c3cccc(NC(=O)C4=CC(C)=NN(C)C4O)c3C)c2Cl)cc2c1[C@@H](NC[C@@H]1CCC(=O)N1)CC2. The van der Waals surface area contributed by atoms with Crippen molar-refractivity contribution in [3.05, 3.63) is 75.8 Å². The van der Waals surface area contributed by atoms with E-state index in [1.807, 2.05) is 43.3 Å². The number of rotatable bonds is 8. The van der Waals surface area contributed by atoms with Gasteiger partial charge < -0.3 is 25.8 Å². The van der Waals surface area contributed by atoms with E-state index >= 15 is 0 Å². The Morgan fingerprint density at radius 2 is 1.89 bits per heavy atom. The molecule has 3 atom stereocenters. The van der Waals surface area contributed by atoms with Crippen molar-refractivity contribution in [2.75, 3.05) is 26.0 Å². The Labute approximate surface area is 267 Å². The number of nitrogens with zero attached hydrogens (tertiary/aromatic N) is 3. The first-order chi connectivity index (χ1) is 21.6. The van der Waals surface area contributed by atoms with Crippen LogP contribution in [0.15, 0.2) is 59.2 Å². The average Bonchev–Trinajstić information content (AvgIpc) is 3.64. The average molecular weight is 629 g/mol. The molecule has 10 nitrogen and oxygen atoms in total. The number of allylic oxidation sites excluding steroid dienone is 1. The fourth-order valence-corrected chi connectivity index (χ4v) is 6.75. The highest BCUT2D eigenvalue weighted by atomic mass is 35.5. The van der Waals surface area contributed by atoms with Gasteiger partial charge in [-0.2, -0.15) is 5.10 Å². The smallest absolute Gasteiger partial charge is 0.256 e. The van der Waals surface area contributed by atoms with Crippen LogP contribution >= 0.6 is 11.6 Å². The molecule has 2 aromatic carbocycles. The zero-order chi connectivity index (χ0) is 31.8. The van der Waals surface area contributed by atoms with Crippen LogP contribution in [0.1, 0.15) is 48.9 Å². The molecule has 1 saturated heterocycles. The maximum atomic E-state index is 13.2. The fraction of sp³-hybridized carbons (Fsp3) is 0.353. The monoisotopic (exact) mass is 628 g/mol. The number of aryl methyl sites for hydroxylation is 1. The molecule has 1 aromatic heterocycles. The molecule has 0 saturated carbocycles. The van der Waals surface area contributed by atoms with Gasteiger partial charge in [-0.3, -0.25) is 14.6 Å². The maximum Gasteiger partial charge on any atom is 0.256 e. The molecule has 2 amide bonds. The van der Waals surface area contributed by atoms with E-state index in [-0.39, 0.29) is 23.6 Å². The second-order valence-electron chi connectivity index (χ2n) is 11.8. The number of hydrogen-bond donors (Lipinski definition) is 4. The lowest BCUT2D eigenvalue weighted by atomic mass is 9.96. The number of benzene rings is 2. The number of nitrogens with one attached hydrogen (secondary N) is 3. The number of ether oxygens (including phenoxy) is 1. The van der Waals surface area contributed by atoms with Crippen molar-refractivity contribution in [1.82, 2.24) is 20.6 Å². The molecule has 0 radical (unpaired) electrons. The Balaban J connectivity index is 1.27. The van der Waals surface area contributed by atoms with Gasteiger partial charge in [0.1, 0.15) is 0 Å². The van der Waals surface area contributed by atoms with Crippen LogP contribution in [0.4, 0.5) is 5.69 Å². The van der Waals surface area contributed by atoms with Crippen molar-refractivity contribution in [2.45, 2.75) is 57.8 Å². The summed E-state index contributed by atoms with van der Waals surface area (Å²) in [4.78, 5) is 29.7. The number of hydrogen-bond acceptors (Lipinski definition) is 8. The maximum absolute atomic E-state index is 13.2. The third-order valence-electron chi connectivity index (χ3n) is 8.77. The van der Waals surface area contributed by atoms with Crippen LogP contribution in [0.25, 0.3) is 22.4 Å². The Hall–Kier alpha value is -4.25. The molecule has 3 aliphatic rings. The molecule has 0 bridgehead atoms. The molecule has 1 aliphatic carbocycles. The van der Waals surface area contributed by atoms with E-state index in [0.29, 0.717) is 35.3 Å². The van der Waals surface area contributed by atoms with Crippen LogP contribution < -0.4 is 20.7 Å². The normalized spacial score (nSPS) is 20.8. The second kappa shape index (κ2) is 12.6. The lowest BCUT2D eigenvalue weighted by Gasteiger charge is -2.26. The van der Waals surface area contributed by atoms with E-state index < -0.39 is 12.1 Å². The van der Waals surface area contributed by atoms with E-state index in [9.17, 15) is 14.7 Å². The van der Waals surface area contributed by atoms with Gasteiger partial charge >= 0.3 is 0 Å². The molecule has 3 aromatic rings. The van der Waals surface area contributed by atoms with Crippen molar-refractivity contribution < 1.29 is 19.4 Å². The number of methoxy groups -OCH3 is 1. The Morgan fingerprint density at radius 3 is 2.64 bits per heavy atom. The van der Waals surface area contributed by atoms with Gasteiger partial charge in [0.25, 0.3) is 5.91 Å². The van der Waals surface area contributed by atoms with E-state index in [1.54, 1.807) is 27.2 Å². The zero-order valence-corrected chi connectivity index (χ0v) is 26.5. The third kappa shape index (κ3) is 6.05. The van der Waals surface area contributed by atoms with Gasteiger partial charge in [-0.05, 0) is 68.0 Å². The second-order valence-corrected chi connectivity index (χ2v) is 12.2. The van der Waals surface area contributed by atoms with Crippen molar-refractivity contribution in [3.63, 3.8) is 0 Å². The van der Waals surface area contributed by atoms with Crippen LogP contribution in [0.5, 0.6) is 5.88 Å². The molecular weight excluding hydrogens is 592 g/mol. The molecule has 45 heavy (non-hydrogen) atoms. The van der Waals surface area contributed by atoms with Crippen molar-refractivity contribution >= 4 is 34.8 Å². The Kier molecular flexibility index (Phi) is 8.63. The first-order valence-corrected chi connectivity index (χ1v) is 15.5. The first kappa shape index (κ1) is 30.8. The molecule has 234 valence electrons. The molecule has 6 rings (SSSR count). The van der Waals surface area contributed by atoms with Gasteiger partial charge in [0.2, 0.25) is 11.8 Å². The van der Waals surface area contributed by atoms with E-state index in [4.69, 9.17) is 21.3 Å². The number of anilines is 1. The fourth-order valence-electron chi connectivity index (χ4n) is 6.43. The number of fused-ring (bicyclic) bond motifs is 1. The van der Waals surface area contributed by atoms with Crippen molar-refractivity contribution in [2.24, 2.45) is 5.10 Å². The van der Waals surface area contributed by atoms with Crippen LogP contribution in [-0.2, 0) is 16.0 Å². The highest BCUT2D eigenvalue weighted by molar-refractivity contribution is 6.36. The molecule has 11 heteroatoms. The number of hydrazone groups is 1. The quantitative estimate of drug-likeness (QED) is 0.284. The molecule has 1 unspecified atom stereocenters. The van der Waals surface area contributed by atoms with E-state index in [1.165, 1.54) is 5.01 Å². The topological polar surface area (TPSA) is 128 Å². The van der Waals surface area contributed by atoms with Gasteiger partial charge in [0.05, 0.1) is 29.1 Å². The largest absolute Gasteiger partial charge is 0.481 e. The highest BCUT2D eigenvalue weighted by Gasteiger charge is 2.31. The van der Waals surface area contributed by atoms with Gasteiger partial charge in [-0.25, -0.2) is 4.98 Å². The van der Waals surface area contributed by atoms with Crippen LogP contribution in [-0.4, -0.2) is 65.6 Å². The van der Waals surface area contributed by atoms with Gasteiger partial charge in [-0.15, -0.1) is 0 Å². The third-order valence-corrected chi connectivity index (χ3v) is 9.18. The van der Waals surface area contributed by atoms with Gasteiger partial charge in [0.15, 0.2) is 6.23 Å². The standard InChI is InChI=1S/C34H37ClN6O4/c1-18-15-25(34(44)41(3)40-18)32(43)38-26-10-6-7-22(19(26)2)23-8-5-9-24(31(23)35)28-16-20-11-13-27(30(20)33(39-28)45-4)36-17-21-12-14-29(42)37-21/h5-10,15-16,21,27,34,36,44H,11-14,17H2,1-4H3,(H,37,42)(H,38,43)/t21-,27-,34?/m0/s1. The first-order valence-electron chi connectivity index (χ1n) is 15.1. The number of carbonyl (C=O) groups is 2. The minimum atomic E-state index is -1.14. The Morgan fingerprint density at radius 1 is 1.13 bits per heavy atom. The summed E-state index contributed by atoms with van der Waals surface area (Å²) in [5, 5.41) is 26.2. The van der Waals surface area contributed by atoms with Crippen LogP contribution in [0.2, 0.25) is 5.02 Å². The summed E-state index contributed by atoms with van der Waals surface area (Å²) in [6.07, 6.45) is 3.67. The van der Waals surface area contributed by atoms with Gasteiger partial charge in [-0.1, -0.05) is 41.9 Å². The summed E-state index contributed by atoms with van der Waals surface area (Å²) in [6.45, 7) is 4.41. The molecule has 2 aliphatic heterocycles.